The van der Waals surface area contributed by atoms with Crippen molar-refractivity contribution in [2.75, 3.05) is 6.54 Å². The Hall–Kier alpha value is -0.0800. The maximum Gasteiger partial charge on any atom is 0.120 e. The molecule has 0 radical (unpaired) electrons. The van der Waals surface area contributed by atoms with Crippen LogP contribution in [0.4, 0.5) is 0 Å². The molecule has 0 aromatic heterocycles. The minimum atomic E-state index is -0.0527. The predicted molar refractivity (Wildman–Crippen MR) is 67.3 cm³/mol. The molecule has 0 amide bonds. The Balaban J connectivity index is 2.20. The second kappa shape index (κ2) is 3.71. The van der Waals surface area contributed by atoms with E-state index in [0.29, 0.717) is 16.9 Å². The molecule has 1 atom stereocenters. The maximum absolute atomic E-state index is 6.27. The summed E-state index contributed by atoms with van der Waals surface area (Å²) in [6, 6.07) is 0. The lowest BCUT2D eigenvalue weighted by molar-refractivity contribution is -0.193. The fourth-order valence-corrected chi connectivity index (χ4v) is 4.23. The molecule has 2 heteroatoms. The van der Waals surface area contributed by atoms with Gasteiger partial charge >= 0.3 is 0 Å². The van der Waals surface area contributed by atoms with Gasteiger partial charge in [0.2, 0.25) is 0 Å². The van der Waals surface area contributed by atoms with Crippen LogP contribution in [0, 0.1) is 10.8 Å². The summed E-state index contributed by atoms with van der Waals surface area (Å²) >= 11 is 0. The van der Waals surface area contributed by atoms with Crippen LogP contribution in [0.5, 0.6) is 0 Å². The Morgan fingerprint density at radius 2 is 1.56 bits per heavy atom. The van der Waals surface area contributed by atoms with Gasteiger partial charge in [-0.3, -0.25) is 5.32 Å². The van der Waals surface area contributed by atoms with Gasteiger partial charge in [-0.25, -0.2) is 0 Å². The van der Waals surface area contributed by atoms with Gasteiger partial charge in [-0.15, -0.1) is 0 Å². The smallest absolute Gasteiger partial charge is 0.120 e. The molecule has 1 aliphatic carbocycles. The fraction of sp³-hybridized carbons (Fsp3) is 1.00. The number of hydrogen-bond acceptors (Lipinski definition) is 2. The molecular formula is C14H27NO. The summed E-state index contributed by atoms with van der Waals surface area (Å²) in [7, 11) is 0. The monoisotopic (exact) mass is 225 g/mol. The molecule has 1 N–H and O–H groups in total. The van der Waals surface area contributed by atoms with Crippen LogP contribution >= 0.6 is 0 Å². The molecule has 0 bridgehead atoms. The van der Waals surface area contributed by atoms with E-state index in [2.05, 4.69) is 39.9 Å². The highest BCUT2D eigenvalue weighted by molar-refractivity contribution is 4.99. The van der Waals surface area contributed by atoms with E-state index in [0.717, 1.165) is 25.8 Å². The first-order valence-electron chi connectivity index (χ1n) is 6.65. The molecule has 2 rings (SSSR count). The lowest BCUT2D eigenvalue weighted by Crippen LogP contribution is -2.60. The molecule has 1 saturated heterocycles. The Labute approximate surface area is 100 Å². The second-order valence-electron chi connectivity index (χ2n) is 7.50. The van der Waals surface area contributed by atoms with Crippen LogP contribution in [0.2, 0.25) is 0 Å². The largest absolute Gasteiger partial charge is 0.358 e. The summed E-state index contributed by atoms with van der Waals surface area (Å²) in [4.78, 5) is 0. The van der Waals surface area contributed by atoms with Crippen molar-refractivity contribution < 1.29 is 4.74 Å². The van der Waals surface area contributed by atoms with Crippen molar-refractivity contribution >= 4 is 0 Å². The zero-order valence-corrected chi connectivity index (χ0v) is 11.5. The highest BCUT2D eigenvalue weighted by atomic mass is 16.5. The maximum atomic E-state index is 6.27. The van der Waals surface area contributed by atoms with Crippen LogP contribution in [-0.4, -0.2) is 18.4 Å². The third-order valence-electron chi connectivity index (χ3n) is 3.91. The minimum Gasteiger partial charge on any atom is -0.358 e. The molecular weight excluding hydrogens is 198 g/mol. The Bertz CT molecular complexity index is 254. The van der Waals surface area contributed by atoms with Crippen molar-refractivity contribution in [3.05, 3.63) is 0 Å². The summed E-state index contributed by atoms with van der Waals surface area (Å²) in [6.45, 7) is 12.8. The van der Waals surface area contributed by atoms with Crippen LogP contribution in [0.15, 0.2) is 0 Å². The van der Waals surface area contributed by atoms with E-state index in [4.69, 9.17) is 4.74 Å². The molecule has 1 spiro atoms. The Morgan fingerprint density at radius 1 is 1.00 bits per heavy atom. The summed E-state index contributed by atoms with van der Waals surface area (Å²) in [5.74, 6) is 0. The zero-order valence-electron chi connectivity index (χ0n) is 11.5. The molecule has 1 aliphatic heterocycles. The molecule has 0 aromatic carbocycles. The van der Waals surface area contributed by atoms with Gasteiger partial charge in [0.25, 0.3) is 0 Å². The van der Waals surface area contributed by atoms with Crippen molar-refractivity contribution in [1.29, 1.82) is 0 Å². The molecule has 2 fully saturated rings. The van der Waals surface area contributed by atoms with Crippen molar-refractivity contribution in [2.45, 2.75) is 72.1 Å². The number of nitrogens with one attached hydrogen (secondary N) is 1. The molecule has 94 valence electrons. The van der Waals surface area contributed by atoms with Gasteiger partial charge in [0.1, 0.15) is 5.72 Å². The standard InChI is InChI=1S/C14H27NO/c1-11-6-7-15-14(16-11)9-12(2,3)8-13(4,5)10-14/h11,15H,6-10H2,1-5H3. The predicted octanol–water partition coefficient (Wildman–Crippen LogP) is 3.32. The average Bonchev–Trinajstić information content (AvgIpc) is 1.94. The Morgan fingerprint density at radius 3 is 2.06 bits per heavy atom. The quantitative estimate of drug-likeness (QED) is 0.683. The second-order valence-corrected chi connectivity index (χ2v) is 7.50. The Kier molecular flexibility index (Phi) is 2.87. The van der Waals surface area contributed by atoms with Gasteiger partial charge in [-0.1, -0.05) is 27.7 Å². The van der Waals surface area contributed by atoms with E-state index >= 15 is 0 Å². The summed E-state index contributed by atoms with van der Waals surface area (Å²) < 4.78 is 6.27. The third-order valence-corrected chi connectivity index (χ3v) is 3.91. The van der Waals surface area contributed by atoms with E-state index < -0.39 is 0 Å². The number of ether oxygens (including phenoxy) is 1. The topological polar surface area (TPSA) is 21.3 Å². The van der Waals surface area contributed by atoms with Crippen LogP contribution in [0.3, 0.4) is 0 Å². The molecule has 1 saturated carbocycles. The van der Waals surface area contributed by atoms with Gasteiger partial charge in [-0.05, 0) is 43.4 Å². The first-order valence-corrected chi connectivity index (χ1v) is 6.65. The van der Waals surface area contributed by atoms with Gasteiger partial charge < -0.3 is 4.74 Å². The van der Waals surface area contributed by atoms with Crippen LogP contribution in [-0.2, 0) is 4.74 Å². The van der Waals surface area contributed by atoms with E-state index in [1.165, 1.54) is 6.42 Å². The van der Waals surface area contributed by atoms with Crippen LogP contribution in [0.25, 0.3) is 0 Å². The molecule has 2 aliphatic rings. The van der Waals surface area contributed by atoms with Gasteiger partial charge in [-0.2, -0.15) is 0 Å². The van der Waals surface area contributed by atoms with Crippen LogP contribution < -0.4 is 5.32 Å². The van der Waals surface area contributed by atoms with Crippen molar-refractivity contribution in [1.82, 2.24) is 5.32 Å². The third kappa shape index (κ3) is 2.60. The van der Waals surface area contributed by atoms with Crippen molar-refractivity contribution in [3.63, 3.8) is 0 Å². The fourth-order valence-electron chi connectivity index (χ4n) is 4.23. The molecule has 0 aromatic rings. The molecule has 1 heterocycles. The summed E-state index contributed by atoms with van der Waals surface area (Å²) in [5.41, 5.74) is 0.709. The van der Waals surface area contributed by atoms with E-state index in [-0.39, 0.29) is 5.72 Å². The normalized spacial score (nSPS) is 36.2. The van der Waals surface area contributed by atoms with Gasteiger partial charge in [0.05, 0.1) is 6.10 Å². The lowest BCUT2D eigenvalue weighted by atomic mass is 9.62. The first kappa shape index (κ1) is 12.4. The SMILES string of the molecule is CC1CCNC2(CC(C)(C)CC(C)(C)C2)O1. The van der Waals surface area contributed by atoms with E-state index in [9.17, 15) is 0 Å². The van der Waals surface area contributed by atoms with Gasteiger partial charge in [0, 0.05) is 6.54 Å². The number of rotatable bonds is 0. The zero-order chi connectivity index (χ0) is 12.0. The average molecular weight is 225 g/mol. The van der Waals surface area contributed by atoms with Crippen molar-refractivity contribution in [2.24, 2.45) is 10.8 Å². The summed E-state index contributed by atoms with van der Waals surface area (Å²) in [5, 5.41) is 3.65. The molecule has 16 heavy (non-hydrogen) atoms. The van der Waals surface area contributed by atoms with E-state index in [1.807, 2.05) is 0 Å². The first-order chi connectivity index (χ1) is 7.22. The highest BCUT2D eigenvalue weighted by Gasteiger charge is 2.49. The molecule has 2 nitrogen and oxygen atoms in total. The minimum absolute atomic E-state index is 0.0527. The number of hydrogen-bond donors (Lipinski definition) is 1. The summed E-state index contributed by atoms with van der Waals surface area (Å²) in [6.07, 6.45) is 5.14. The van der Waals surface area contributed by atoms with Crippen molar-refractivity contribution in [3.8, 4) is 0 Å². The van der Waals surface area contributed by atoms with Gasteiger partial charge in [0.15, 0.2) is 0 Å². The van der Waals surface area contributed by atoms with E-state index in [1.54, 1.807) is 0 Å². The lowest BCUT2D eigenvalue weighted by Gasteiger charge is -2.54. The molecule has 1 unspecified atom stereocenters. The van der Waals surface area contributed by atoms with Crippen LogP contribution in [0.1, 0.15) is 60.3 Å². The highest BCUT2D eigenvalue weighted by Crippen LogP contribution is 2.51.